The van der Waals surface area contributed by atoms with E-state index in [0.29, 0.717) is 32.4 Å². The van der Waals surface area contributed by atoms with Gasteiger partial charge in [0.1, 0.15) is 5.75 Å². The van der Waals surface area contributed by atoms with Gasteiger partial charge in [0.05, 0.1) is 27.2 Å². The van der Waals surface area contributed by atoms with Gasteiger partial charge in [0.25, 0.3) is 5.91 Å². The molecule has 4 nitrogen and oxygen atoms in total. The van der Waals surface area contributed by atoms with E-state index in [1.54, 1.807) is 18.2 Å². The molecule has 3 aromatic rings. The van der Waals surface area contributed by atoms with Crippen LogP contribution in [0.25, 0.3) is 16.8 Å². The van der Waals surface area contributed by atoms with Crippen LogP contribution in [0.5, 0.6) is 5.75 Å². The molecule has 7 heteroatoms. The number of nitrogens with zero attached hydrogens (tertiary/aromatic N) is 1. The molecule has 1 amide bonds. The molecule has 0 bridgehead atoms. The Morgan fingerprint density at radius 1 is 1.07 bits per heavy atom. The van der Waals surface area contributed by atoms with Gasteiger partial charge >= 0.3 is 0 Å². The van der Waals surface area contributed by atoms with Crippen LogP contribution in [-0.2, 0) is 4.79 Å². The fourth-order valence-corrected chi connectivity index (χ4v) is 4.18. The third-order valence-electron chi connectivity index (χ3n) is 4.31. The molecule has 0 spiro atoms. The monoisotopic (exact) mass is 442 g/mol. The first kappa shape index (κ1) is 19.8. The lowest BCUT2D eigenvalue weighted by molar-refractivity contribution is -0.115. The fourth-order valence-electron chi connectivity index (χ4n) is 3.01. The largest absolute Gasteiger partial charge is 0.493 e. The van der Waals surface area contributed by atoms with E-state index >= 15 is 0 Å². The molecule has 1 saturated heterocycles. The van der Waals surface area contributed by atoms with Crippen LogP contribution in [0.1, 0.15) is 12.5 Å². The van der Waals surface area contributed by atoms with Gasteiger partial charge in [-0.2, -0.15) is 0 Å². The minimum absolute atomic E-state index is 0.204. The van der Waals surface area contributed by atoms with E-state index < -0.39 is 0 Å². The molecule has 146 valence electrons. The van der Waals surface area contributed by atoms with Crippen molar-refractivity contribution in [3.63, 3.8) is 0 Å². The lowest BCUT2D eigenvalue weighted by Crippen LogP contribution is -2.19. The number of halogens is 2. The normalized spacial score (nSPS) is 16.6. The van der Waals surface area contributed by atoms with Crippen molar-refractivity contribution in [3.8, 4) is 5.75 Å². The van der Waals surface area contributed by atoms with Crippen molar-refractivity contribution < 1.29 is 9.53 Å². The average molecular weight is 443 g/mol. The van der Waals surface area contributed by atoms with Crippen molar-refractivity contribution in [2.75, 3.05) is 6.61 Å². The Morgan fingerprint density at radius 2 is 1.86 bits per heavy atom. The van der Waals surface area contributed by atoms with E-state index in [1.165, 1.54) is 11.8 Å². The first-order valence-corrected chi connectivity index (χ1v) is 10.5. The molecule has 0 unspecified atom stereocenters. The van der Waals surface area contributed by atoms with Crippen molar-refractivity contribution in [2.24, 2.45) is 4.99 Å². The summed E-state index contributed by atoms with van der Waals surface area (Å²) in [5.41, 5.74) is 1.44. The Labute approximate surface area is 182 Å². The number of amides is 1. The van der Waals surface area contributed by atoms with Crippen molar-refractivity contribution >= 4 is 68.6 Å². The summed E-state index contributed by atoms with van der Waals surface area (Å²) >= 11 is 13.5. The van der Waals surface area contributed by atoms with Crippen LogP contribution in [0.3, 0.4) is 0 Å². The summed E-state index contributed by atoms with van der Waals surface area (Å²) < 4.78 is 5.72. The second-order valence-corrected chi connectivity index (χ2v) is 8.00. The summed E-state index contributed by atoms with van der Waals surface area (Å²) in [7, 11) is 0. The highest BCUT2D eigenvalue weighted by atomic mass is 35.5. The third-order valence-corrected chi connectivity index (χ3v) is 6.03. The Kier molecular flexibility index (Phi) is 5.81. The highest BCUT2D eigenvalue weighted by Gasteiger charge is 2.24. The molecule has 0 saturated carbocycles. The number of benzene rings is 3. The van der Waals surface area contributed by atoms with Crippen LogP contribution in [0, 0.1) is 0 Å². The zero-order chi connectivity index (χ0) is 20.4. The summed E-state index contributed by atoms with van der Waals surface area (Å²) in [6, 6.07) is 17.0. The maximum absolute atomic E-state index is 12.5. The van der Waals surface area contributed by atoms with Gasteiger partial charge in [-0.05, 0) is 53.9 Å². The van der Waals surface area contributed by atoms with Crippen molar-refractivity contribution in [1.82, 2.24) is 5.32 Å². The molecule has 0 aromatic heterocycles. The Bertz CT molecular complexity index is 1170. The summed E-state index contributed by atoms with van der Waals surface area (Å²) in [5.74, 6) is 0.622. The van der Waals surface area contributed by atoms with Crippen LogP contribution in [0.4, 0.5) is 5.69 Å². The number of amidine groups is 1. The molecular weight excluding hydrogens is 427 g/mol. The molecule has 0 radical (unpaired) electrons. The molecule has 29 heavy (non-hydrogen) atoms. The summed E-state index contributed by atoms with van der Waals surface area (Å²) in [6.45, 7) is 2.55. The maximum atomic E-state index is 12.5. The van der Waals surface area contributed by atoms with E-state index in [2.05, 4.69) is 10.3 Å². The van der Waals surface area contributed by atoms with Gasteiger partial charge < -0.3 is 10.1 Å². The third kappa shape index (κ3) is 4.13. The highest BCUT2D eigenvalue weighted by molar-refractivity contribution is 8.18. The number of aliphatic imine (C=N–C) groups is 1. The topological polar surface area (TPSA) is 50.7 Å². The van der Waals surface area contributed by atoms with Gasteiger partial charge in [-0.1, -0.05) is 59.6 Å². The van der Waals surface area contributed by atoms with Gasteiger partial charge in [-0.25, -0.2) is 4.99 Å². The number of ether oxygens (including phenoxy) is 1. The average Bonchev–Trinajstić information content (AvgIpc) is 3.06. The number of nitrogens with one attached hydrogen (secondary N) is 1. The number of hydrogen-bond acceptors (Lipinski definition) is 4. The second kappa shape index (κ2) is 8.49. The molecule has 1 aliphatic heterocycles. The quantitative estimate of drug-likeness (QED) is 0.473. The predicted molar refractivity (Wildman–Crippen MR) is 122 cm³/mol. The van der Waals surface area contributed by atoms with Crippen LogP contribution in [-0.4, -0.2) is 17.7 Å². The Hall–Kier alpha value is -2.47. The van der Waals surface area contributed by atoms with E-state index in [-0.39, 0.29) is 5.91 Å². The van der Waals surface area contributed by atoms with Crippen LogP contribution >= 0.6 is 35.0 Å². The number of carbonyl (C=O) groups excluding carboxylic acids is 1. The van der Waals surface area contributed by atoms with Gasteiger partial charge in [0, 0.05) is 5.39 Å². The zero-order valence-electron chi connectivity index (χ0n) is 15.4. The molecular formula is C22H16Cl2N2O2S. The van der Waals surface area contributed by atoms with E-state index in [0.717, 1.165) is 22.1 Å². The van der Waals surface area contributed by atoms with Gasteiger partial charge in [-0.3, -0.25) is 4.79 Å². The summed E-state index contributed by atoms with van der Waals surface area (Å²) in [6.07, 6.45) is 1.86. The first-order chi connectivity index (χ1) is 14.1. The van der Waals surface area contributed by atoms with Crippen molar-refractivity contribution in [3.05, 3.63) is 75.1 Å². The van der Waals surface area contributed by atoms with Gasteiger partial charge in [0.15, 0.2) is 5.17 Å². The number of fused-ring (bicyclic) bond motifs is 1. The maximum Gasteiger partial charge on any atom is 0.264 e. The van der Waals surface area contributed by atoms with Crippen LogP contribution in [0.15, 0.2) is 64.5 Å². The van der Waals surface area contributed by atoms with Gasteiger partial charge in [-0.15, -0.1) is 0 Å². The second-order valence-electron chi connectivity index (χ2n) is 6.19. The van der Waals surface area contributed by atoms with Crippen LogP contribution in [0.2, 0.25) is 10.0 Å². The number of carbonyl (C=O) groups is 1. The molecule has 0 aliphatic carbocycles. The molecule has 1 aliphatic rings. The molecule has 1 N–H and O–H groups in total. The predicted octanol–water partition coefficient (Wildman–Crippen LogP) is 6.44. The Morgan fingerprint density at radius 3 is 2.66 bits per heavy atom. The molecule has 1 fully saturated rings. The summed E-state index contributed by atoms with van der Waals surface area (Å²) in [4.78, 5) is 17.5. The Balaban J connectivity index is 1.69. The number of hydrogen-bond donors (Lipinski definition) is 1. The standard InChI is InChI=1S/C22H16Cl2N2O2S/c1-2-28-18-11-10-13(14-6-3-4-7-15(14)18)12-19-21(27)26-22(29-19)25-17-9-5-8-16(23)20(17)24/h3-12H,2H2,1H3,(H,25,26,27)/b19-12-. The highest BCUT2D eigenvalue weighted by Crippen LogP contribution is 2.36. The molecule has 3 aromatic carbocycles. The smallest absolute Gasteiger partial charge is 0.264 e. The van der Waals surface area contributed by atoms with Crippen molar-refractivity contribution in [1.29, 1.82) is 0 Å². The molecule has 1 heterocycles. The minimum atomic E-state index is -0.204. The SMILES string of the molecule is CCOc1ccc(/C=C2\SC(=Nc3cccc(Cl)c3Cl)NC2=O)c2ccccc12. The minimum Gasteiger partial charge on any atom is -0.493 e. The van der Waals surface area contributed by atoms with E-state index in [4.69, 9.17) is 27.9 Å². The number of rotatable bonds is 4. The first-order valence-electron chi connectivity index (χ1n) is 8.95. The lowest BCUT2D eigenvalue weighted by atomic mass is 10.0. The fraction of sp³-hybridized carbons (Fsp3) is 0.0909. The van der Waals surface area contributed by atoms with E-state index in [9.17, 15) is 4.79 Å². The number of thioether (sulfide) groups is 1. The van der Waals surface area contributed by atoms with Gasteiger partial charge in [0.2, 0.25) is 0 Å². The summed E-state index contributed by atoms with van der Waals surface area (Å²) in [5, 5.41) is 6.03. The molecule has 4 rings (SSSR count). The zero-order valence-corrected chi connectivity index (χ0v) is 17.7. The van der Waals surface area contributed by atoms with Crippen LogP contribution < -0.4 is 10.1 Å². The van der Waals surface area contributed by atoms with Crippen molar-refractivity contribution in [2.45, 2.75) is 6.92 Å². The lowest BCUT2D eigenvalue weighted by Gasteiger charge is -2.09. The van der Waals surface area contributed by atoms with E-state index in [1.807, 2.05) is 49.4 Å². The molecule has 0 atom stereocenters.